The average molecular weight is 440 g/mol. The van der Waals surface area contributed by atoms with Crippen molar-refractivity contribution < 1.29 is 0 Å². The highest BCUT2D eigenvalue weighted by Crippen LogP contribution is 2.50. The minimum atomic E-state index is 0.217. The van der Waals surface area contributed by atoms with Crippen LogP contribution in [0.15, 0.2) is 0 Å². The molecule has 3 nitrogen and oxygen atoms in total. The van der Waals surface area contributed by atoms with E-state index >= 15 is 0 Å². The Bertz CT molecular complexity index is 443. The highest BCUT2D eigenvalue weighted by atomic mass is 15.2. The predicted octanol–water partition coefficient (Wildman–Crippen LogP) is 7.39. The van der Waals surface area contributed by atoms with E-state index in [1.54, 1.807) is 0 Å². The van der Waals surface area contributed by atoms with Gasteiger partial charge in [0.15, 0.2) is 0 Å². The van der Waals surface area contributed by atoms with E-state index in [1.807, 2.05) is 0 Å². The molecule has 0 aliphatic heterocycles. The van der Waals surface area contributed by atoms with Crippen LogP contribution in [0.1, 0.15) is 133 Å². The second-order valence-corrected chi connectivity index (χ2v) is 10.7. The maximum Gasteiger partial charge on any atom is 0.0261 e. The highest BCUT2D eigenvalue weighted by Gasteiger charge is 2.49. The van der Waals surface area contributed by atoms with Crippen molar-refractivity contribution in [1.29, 1.82) is 0 Å². The zero-order chi connectivity index (χ0) is 24.2. The summed E-state index contributed by atoms with van der Waals surface area (Å²) in [5, 5.41) is 3.94. The number of nitrogens with zero attached hydrogens (tertiary/aromatic N) is 1. The standard InChI is InChI=1S/C28H61N3/c1-11-25(9,12-2)20-23-31(24-21-29)28(17-7,18-8)27(15-5,16-6)19-22-30-26(10,13-3)14-4/h30H,11-24,29H2,1-10H3. The molecule has 0 aliphatic carbocycles. The number of hydrogen-bond acceptors (Lipinski definition) is 3. The summed E-state index contributed by atoms with van der Waals surface area (Å²) in [5.41, 5.74) is 7.43. The normalized spacial score (nSPS) is 13.9. The average Bonchev–Trinajstić information content (AvgIpc) is 2.81. The van der Waals surface area contributed by atoms with E-state index in [9.17, 15) is 0 Å². The minimum Gasteiger partial charge on any atom is -0.329 e. The minimum absolute atomic E-state index is 0.217. The van der Waals surface area contributed by atoms with Gasteiger partial charge in [-0.15, -0.1) is 0 Å². The van der Waals surface area contributed by atoms with Crippen LogP contribution in [0.25, 0.3) is 0 Å². The Balaban J connectivity index is 5.95. The lowest BCUT2D eigenvalue weighted by molar-refractivity contribution is -0.0606. The topological polar surface area (TPSA) is 41.3 Å². The molecule has 0 aliphatic rings. The molecule has 0 aromatic heterocycles. The van der Waals surface area contributed by atoms with Crippen molar-refractivity contribution in [2.45, 2.75) is 145 Å². The van der Waals surface area contributed by atoms with Gasteiger partial charge in [-0.05, 0) is 82.2 Å². The van der Waals surface area contributed by atoms with Crippen LogP contribution in [-0.4, -0.2) is 42.2 Å². The van der Waals surface area contributed by atoms with E-state index in [0.29, 0.717) is 10.8 Å². The van der Waals surface area contributed by atoms with Crippen LogP contribution >= 0.6 is 0 Å². The molecule has 3 N–H and O–H groups in total. The van der Waals surface area contributed by atoms with Crippen LogP contribution in [-0.2, 0) is 0 Å². The number of nitrogens with one attached hydrogen (secondary N) is 1. The van der Waals surface area contributed by atoms with Gasteiger partial charge in [0.05, 0.1) is 0 Å². The molecule has 0 saturated heterocycles. The Labute approximate surface area is 197 Å². The van der Waals surface area contributed by atoms with Gasteiger partial charge in [-0.2, -0.15) is 0 Å². The van der Waals surface area contributed by atoms with Crippen molar-refractivity contribution in [2.24, 2.45) is 16.6 Å². The molecule has 0 spiro atoms. The molecule has 188 valence electrons. The SMILES string of the molecule is CCC(C)(CC)CCN(CCN)C(CC)(CC)C(CC)(CC)CCNC(C)(CC)CC. The molecule has 0 unspecified atom stereocenters. The van der Waals surface area contributed by atoms with Gasteiger partial charge in [-0.1, -0.05) is 75.2 Å². The maximum atomic E-state index is 6.21. The van der Waals surface area contributed by atoms with E-state index in [4.69, 9.17) is 5.73 Å². The largest absolute Gasteiger partial charge is 0.329 e. The second-order valence-electron chi connectivity index (χ2n) is 10.7. The Morgan fingerprint density at radius 1 is 0.645 bits per heavy atom. The lowest BCUT2D eigenvalue weighted by atomic mass is 9.60. The molecule has 3 heteroatoms. The zero-order valence-electron chi connectivity index (χ0n) is 23.4. The van der Waals surface area contributed by atoms with Crippen LogP contribution < -0.4 is 11.1 Å². The fourth-order valence-electron chi connectivity index (χ4n) is 6.08. The summed E-state index contributed by atoms with van der Waals surface area (Å²) in [5.74, 6) is 0. The molecule has 0 aromatic carbocycles. The third-order valence-corrected chi connectivity index (χ3v) is 9.92. The molecular weight excluding hydrogens is 378 g/mol. The van der Waals surface area contributed by atoms with Crippen molar-refractivity contribution in [3.8, 4) is 0 Å². The van der Waals surface area contributed by atoms with Crippen molar-refractivity contribution in [3.05, 3.63) is 0 Å². The first kappa shape index (κ1) is 30.9. The van der Waals surface area contributed by atoms with E-state index in [0.717, 1.165) is 19.6 Å². The quantitative estimate of drug-likeness (QED) is 0.220. The van der Waals surface area contributed by atoms with Gasteiger partial charge in [0.25, 0.3) is 0 Å². The summed E-state index contributed by atoms with van der Waals surface area (Å²) in [6.45, 7) is 28.0. The van der Waals surface area contributed by atoms with Gasteiger partial charge >= 0.3 is 0 Å². The third-order valence-electron chi connectivity index (χ3n) is 9.92. The summed E-state index contributed by atoms with van der Waals surface area (Å²) in [6, 6.07) is 0. The molecule has 0 rings (SSSR count). The molecule has 0 amide bonds. The van der Waals surface area contributed by atoms with Gasteiger partial charge in [0.2, 0.25) is 0 Å². The molecule has 0 radical (unpaired) electrons. The monoisotopic (exact) mass is 439 g/mol. The molecule has 0 heterocycles. The third kappa shape index (κ3) is 7.44. The first-order valence-electron chi connectivity index (χ1n) is 13.8. The number of nitrogens with two attached hydrogens (primary N) is 1. The van der Waals surface area contributed by atoms with Crippen LogP contribution in [0, 0.1) is 10.8 Å². The Morgan fingerprint density at radius 3 is 1.52 bits per heavy atom. The van der Waals surface area contributed by atoms with Crippen molar-refractivity contribution >= 4 is 0 Å². The second kappa shape index (κ2) is 14.2. The summed E-state index contributed by atoms with van der Waals surface area (Å²) in [4.78, 5) is 2.84. The predicted molar refractivity (Wildman–Crippen MR) is 142 cm³/mol. The zero-order valence-corrected chi connectivity index (χ0v) is 23.4. The van der Waals surface area contributed by atoms with Crippen LogP contribution in [0.4, 0.5) is 0 Å². The number of hydrogen-bond donors (Lipinski definition) is 2. The van der Waals surface area contributed by atoms with Crippen LogP contribution in [0.3, 0.4) is 0 Å². The lowest BCUT2D eigenvalue weighted by Crippen LogP contribution is -2.61. The van der Waals surface area contributed by atoms with Crippen molar-refractivity contribution in [3.63, 3.8) is 0 Å². The van der Waals surface area contributed by atoms with Gasteiger partial charge in [0.1, 0.15) is 0 Å². The van der Waals surface area contributed by atoms with Crippen LogP contribution in [0.5, 0.6) is 0 Å². The Morgan fingerprint density at radius 2 is 1.16 bits per heavy atom. The fraction of sp³-hybridized carbons (Fsp3) is 1.00. The first-order valence-corrected chi connectivity index (χ1v) is 13.8. The molecule has 0 saturated carbocycles. The van der Waals surface area contributed by atoms with E-state index in [2.05, 4.69) is 79.5 Å². The molecule has 0 fully saturated rings. The maximum absolute atomic E-state index is 6.21. The summed E-state index contributed by atoms with van der Waals surface area (Å²) >= 11 is 0. The molecule has 0 bridgehead atoms. The van der Waals surface area contributed by atoms with Gasteiger partial charge in [-0.25, -0.2) is 0 Å². The Hall–Kier alpha value is -0.120. The molecular formula is C28H61N3. The number of rotatable bonds is 19. The fourth-order valence-corrected chi connectivity index (χ4v) is 6.08. The summed E-state index contributed by atoms with van der Waals surface area (Å²) in [7, 11) is 0. The van der Waals surface area contributed by atoms with Crippen LogP contribution in [0.2, 0.25) is 0 Å². The van der Waals surface area contributed by atoms with E-state index in [1.165, 1.54) is 70.8 Å². The van der Waals surface area contributed by atoms with Gasteiger partial charge in [0, 0.05) is 24.2 Å². The molecule has 0 atom stereocenters. The van der Waals surface area contributed by atoms with Crippen molar-refractivity contribution in [1.82, 2.24) is 10.2 Å². The van der Waals surface area contributed by atoms with E-state index in [-0.39, 0.29) is 11.1 Å². The lowest BCUT2D eigenvalue weighted by Gasteiger charge is -2.57. The smallest absolute Gasteiger partial charge is 0.0261 e. The summed E-state index contributed by atoms with van der Waals surface area (Å²) < 4.78 is 0. The van der Waals surface area contributed by atoms with Crippen molar-refractivity contribution in [2.75, 3.05) is 26.2 Å². The summed E-state index contributed by atoms with van der Waals surface area (Å²) in [6.07, 6.45) is 12.3. The van der Waals surface area contributed by atoms with Gasteiger partial charge < -0.3 is 11.1 Å². The molecule has 0 aromatic rings. The Kier molecular flexibility index (Phi) is 14.2. The molecule has 31 heavy (non-hydrogen) atoms. The van der Waals surface area contributed by atoms with Gasteiger partial charge in [-0.3, -0.25) is 4.90 Å². The van der Waals surface area contributed by atoms with E-state index < -0.39 is 0 Å². The highest BCUT2D eigenvalue weighted by molar-refractivity contribution is 5.04. The first-order chi connectivity index (χ1) is 14.6.